The molecule has 13 heteroatoms. The van der Waals surface area contributed by atoms with Crippen molar-refractivity contribution in [2.45, 2.75) is 62.5 Å². The molecule has 9 rings (SSSR count). The van der Waals surface area contributed by atoms with E-state index in [0.717, 1.165) is 70.0 Å². The minimum Gasteiger partial charge on any atom is -0.508 e. The molecule has 0 radical (unpaired) electrons. The number of benzene rings is 3. The van der Waals surface area contributed by atoms with Crippen molar-refractivity contribution in [3.63, 3.8) is 0 Å². The van der Waals surface area contributed by atoms with Crippen molar-refractivity contribution in [1.82, 2.24) is 20.2 Å². The van der Waals surface area contributed by atoms with Gasteiger partial charge >= 0.3 is 12.2 Å². The molecule has 5 heterocycles. The van der Waals surface area contributed by atoms with Crippen LogP contribution in [0.3, 0.4) is 0 Å². The van der Waals surface area contributed by atoms with Crippen molar-refractivity contribution in [1.29, 1.82) is 0 Å². The molecule has 1 saturated carbocycles. The Balaban J connectivity index is 1.20. The Bertz CT molecular complexity index is 2080. The number of fused-ring (bicyclic) bond motifs is 6. The first-order valence-electron chi connectivity index (χ1n) is 17.0. The summed E-state index contributed by atoms with van der Waals surface area (Å²) < 4.78 is 89.2. The fourth-order valence-corrected chi connectivity index (χ4v) is 8.56. The van der Waals surface area contributed by atoms with Crippen LogP contribution in [0, 0.1) is 29.4 Å². The summed E-state index contributed by atoms with van der Waals surface area (Å²) in [6.07, 6.45) is 5.54. The normalized spacial score (nSPS) is 25.5. The lowest BCUT2D eigenvalue weighted by Crippen LogP contribution is -2.51. The van der Waals surface area contributed by atoms with Crippen LogP contribution in [-0.2, 0) is 10.9 Å². The molecule has 0 spiro atoms. The van der Waals surface area contributed by atoms with Gasteiger partial charge in [-0.05, 0) is 67.3 Å². The minimum absolute atomic E-state index is 0.111. The highest BCUT2D eigenvalue weighted by Gasteiger charge is 2.49. The van der Waals surface area contributed by atoms with Gasteiger partial charge in [-0.2, -0.15) is 23.1 Å². The molecule has 2 unspecified atom stereocenters. The monoisotopic (exact) mass is 691 g/mol. The van der Waals surface area contributed by atoms with Gasteiger partial charge in [-0.25, -0.2) is 8.78 Å². The molecular weight excluding hydrogens is 657 g/mol. The quantitative estimate of drug-likeness (QED) is 0.180. The number of nitrogens with zero attached hydrogens (tertiary/aromatic N) is 4. The number of piperazine rings is 1. The summed E-state index contributed by atoms with van der Waals surface area (Å²) in [5.41, 5.74) is -3.46. The summed E-state index contributed by atoms with van der Waals surface area (Å²) in [6.45, 7) is 3.63. The Kier molecular flexibility index (Phi) is 7.22. The van der Waals surface area contributed by atoms with Crippen molar-refractivity contribution in [2.75, 3.05) is 44.3 Å². The number of nitrogens with one attached hydrogen (secondary N) is 1. The average Bonchev–Trinajstić information content (AvgIpc) is 3.33. The number of aromatic hydroxyl groups is 1. The van der Waals surface area contributed by atoms with E-state index in [-0.39, 0.29) is 69.3 Å². The number of hydrogen-bond donors (Lipinski definition) is 2. The zero-order valence-electron chi connectivity index (χ0n) is 27.0. The highest BCUT2D eigenvalue weighted by atomic mass is 19.4. The maximum atomic E-state index is 17.2. The van der Waals surface area contributed by atoms with Crippen molar-refractivity contribution >= 4 is 27.5 Å². The Hall–Kier alpha value is -4.25. The van der Waals surface area contributed by atoms with Gasteiger partial charge in [-0.3, -0.25) is 4.90 Å². The smallest absolute Gasteiger partial charge is 0.417 e. The number of phenols is 1. The van der Waals surface area contributed by atoms with E-state index in [4.69, 9.17) is 15.9 Å². The molecule has 2 N–H and O–H groups in total. The largest absolute Gasteiger partial charge is 0.508 e. The van der Waals surface area contributed by atoms with Crippen LogP contribution in [-0.4, -0.2) is 83.6 Å². The van der Waals surface area contributed by atoms with Crippen LogP contribution in [0.25, 0.3) is 32.8 Å². The standard InChI is InChI=1S/C37H34F5N5O3/c1-2-25-29(38)6-3-19-9-23(48)11-26(30(19)25)31-28(37(40,41)42)12-27-33(32(31)39)44-35(45-34(27)46-13-20-4-5-21(14-46)43-20)50-18-36(7-8-36)17-47-15-24-10-22(47)16-49-24/h1,3,6,9,11-12,20-22,24,43,48H,4-5,7-8,10,13-18H2/t20?,21?,22-,24-/m0/s1. The van der Waals surface area contributed by atoms with Gasteiger partial charge in [0.15, 0.2) is 5.82 Å². The summed E-state index contributed by atoms with van der Waals surface area (Å²) >= 11 is 0. The van der Waals surface area contributed by atoms with Gasteiger partial charge < -0.3 is 24.8 Å². The molecule has 4 aromatic rings. The maximum absolute atomic E-state index is 17.2. The third-order valence-corrected chi connectivity index (χ3v) is 11.2. The lowest BCUT2D eigenvalue weighted by Gasteiger charge is -2.34. The second kappa shape index (κ2) is 11.4. The summed E-state index contributed by atoms with van der Waals surface area (Å²) in [4.78, 5) is 13.4. The zero-order chi connectivity index (χ0) is 34.5. The number of likely N-dealkylation sites (tertiary alicyclic amines) is 1. The van der Waals surface area contributed by atoms with E-state index in [1.54, 1.807) is 0 Å². The van der Waals surface area contributed by atoms with Crippen LogP contribution in [0.1, 0.15) is 43.2 Å². The SMILES string of the molecule is C#Cc1c(F)ccc2cc(O)cc(-c3c(C(F)(F)F)cc4c(N5CC6CCC(C5)N6)nc(OCC5(CN6C[C@@H]7C[C@H]6CO7)CC5)nc4c3F)c12. The van der Waals surface area contributed by atoms with Gasteiger partial charge in [-0.1, -0.05) is 12.0 Å². The van der Waals surface area contributed by atoms with Crippen molar-refractivity contribution < 1.29 is 36.5 Å². The van der Waals surface area contributed by atoms with E-state index in [0.29, 0.717) is 19.1 Å². The molecule has 8 nitrogen and oxygen atoms in total. The molecule has 4 aliphatic heterocycles. The van der Waals surface area contributed by atoms with Crippen LogP contribution in [0.4, 0.5) is 27.8 Å². The summed E-state index contributed by atoms with van der Waals surface area (Å²) in [5, 5.41) is 14.0. The number of aromatic nitrogens is 2. The second-order valence-electron chi connectivity index (χ2n) is 14.6. The van der Waals surface area contributed by atoms with Gasteiger partial charge in [0, 0.05) is 66.1 Å². The number of phenolic OH excluding ortho intramolecular Hbond substituents is 1. The van der Waals surface area contributed by atoms with E-state index in [1.807, 2.05) is 4.90 Å². The Labute approximate surface area is 284 Å². The Morgan fingerprint density at radius 3 is 2.52 bits per heavy atom. The van der Waals surface area contributed by atoms with Crippen LogP contribution < -0.4 is 15.0 Å². The third-order valence-electron chi connectivity index (χ3n) is 11.2. The van der Waals surface area contributed by atoms with E-state index in [2.05, 4.69) is 26.1 Å². The number of alkyl halides is 3. The Morgan fingerprint density at radius 2 is 1.86 bits per heavy atom. The number of rotatable bonds is 7. The fraction of sp³-hybridized carbons (Fsp3) is 0.459. The third kappa shape index (κ3) is 5.31. The maximum Gasteiger partial charge on any atom is 0.417 e. The van der Waals surface area contributed by atoms with E-state index < -0.39 is 40.3 Å². The molecule has 4 bridgehead atoms. The summed E-state index contributed by atoms with van der Waals surface area (Å²) in [6, 6.07) is 5.88. The summed E-state index contributed by atoms with van der Waals surface area (Å²) in [7, 11) is 0. The molecule has 4 atom stereocenters. The number of anilines is 1. The van der Waals surface area contributed by atoms with Crippen LogP contribution >= 0.6 is 0 Å². The van der Waals surface area contributed by atoms with Gasteiger partial charge in [0.25, 0.3) is 0 Å². The van der Waals surface area contributed by atoms with E-state index in [1.165, 1.54) is 12.1 Å². The van der Waals surface area contributed by atoms with Gasteiger partial charge in [0.1, 0.15) is 22.9 Å². The molecule has 260 valence electrons. The minimum atomic E-state index is -5.06. The fourth-order valence-electron chi connectivity index (χ4n) is 8.56. The van der Waals surface area contributed by atoms with Crippen molar-refractivity contribution in [3.8, 4) is 35.2 Å². The number of terminal acetylenes is 1. The first kappa shape index (κ1) is 31.7. The molecule has 3 aromatic carbocycles. The Morgan fingerprint density at radius 1 is 1.08 bits per heavy atom. The molecule has 5 aliphatic rings. The number of ether oxygens (including phenoxy) is 2. The average molecular weight is 692 g/mol. The molecule has 1 aromatic heterocycles. The molecule has 4 saturated heterocycles. The van der Waals surface area contributed by atoms with E-state index >= 15 is 17.6 Å². The molecule has 1 aliphatic carbocycles. The molecule has 5 fully saturated rings. The predicted octanol–water partition coefficient (Wildman–Crippen LogP) is 6.01. The zero-order valence-corrected chi connectivity index (χ0v) is 27.0. The topological polar surface area (TPSA) is 83.0 Å². The lowest BCUT2D eigenvalue weighted by atomic mass is 9.89. The number of hydrogen-bond acceptors (Lipinski definition) is 8. The molecule has 50 heavy (non-hydrogen) atoms. The van der Waals surface area contributed by atoms with Crippen molar-refractivity contribution in [3.05, 3.63) is 53.1 Å². The number of halogens is 5. The molecular formula is C37H34F5N5O3. The predicted molar refractivity (Wildman–Crippen MR) is 176 cm³/mol. The molecule has 0 amide bonds. The van der Waals surface area contributed by atoms with Gasteiger partial charge in [0.05, 0.1) is 30.4 Å². The van der Waals surface area contributed by atoms with Crippen LogP contribution in [0.15, 0.2) is 30.3 Å². The second-order valence-corrected chi connectivity index (χ2v) is 14.6. The first-order valence-corrected chi connectivity index (χ1v) is 17.0. The highest BCUT2D eigenvalue weighted by Crippen LogP contribution is 2.49. The summed E-state index contributed by atoms with van der Waals surface area (Å²) in [5.74, 6) is -0.236. The van der Waals surface area contributed by atoms with Crippen molar-refractivity contribution in [2.24, 2.45) is 5.41 Å². The first-order chi connectivity index (χ1) is 24.0. The highest BCUT2D eigenvalue weighted by molar-refractivity contribution is 6.05. The lowest BCUT2D eigenvalue weighted by molar-refractivity contribution is -0.137. The number of morpholine rings is 1. The van der Waals surface area contributed by atoms with E-state index in [9.17, 15) is 9.50 Å². The van der Waals surface area contributed by atoms with Gasteiger partial charge in [0.2, 0.25) is 0 Å². The van der Waals surface area contributed by atoms with Crippen LogP contribution in [0.5, 0.6) is 11.8 Å². The van der Waals surface area contributed by atoms with Gasteiger partial charge in [-0.15, -0.1) is 6.42 Å². The van der Waals surface area contributed by atoms with Crippen LogP contribution in [0.2, 0.25) is 0 Å².